The van der Waals surface area contributed by atoms with Gasteiger partial charge in [0.2, 0.25) is 0 Å². The number of nitrogens with zero attached hydrogens (tertiary/aromatic N) is 1. The quantitative estimate of drug-likeness (QED) is 0.823. The molecule has 0 spiro atoms. The Morgan fingerprint density at radius 2 is 2.40 bits per heavy atom. The van der Waals surface area contributed by atoms with E-state index in [1.54, 1.807) is 25.1 Å². The predicted molar refractivity (Wildman–Crippen MR) is 61.5 cm³/mol. The van der Waals surface area contributed by atoms with Crippen molar-refractivity contribution >= 4 is 17.2 Å². The van der Waals surface area contributed by atoms with Crippen molar-refractivity contribution in [1.82, 2.24) is 4.90 Å². The summed E-state index contributed by atoms with van der Waals surface area (Å²) in [4.78, 5) is 14.2. The Labute approximate surface area is 93.6 Å². The lowest BCUT2D eigenvalue weighted by atomic mass is 10.3. The molecule has 1 aromatic rings. The molecule has 2 N–H and O–H groups in total. The molecule has 15 heavy (non-hydrogen) atoms. The van der Waals surface area contributed by atoms with Gasteiger partial charge < -0.3 is 15.4 Å². The monoisotopic (exact) mass is 228 g/mol. The number of carbonyl (C=O) groups is 1. The lowest BCUT2D eigenvalue weighted by molar-refractivity contribution is 0.0799. The maximum Gasteiger partial charge on any atom is 0.263 e. The molecule has 0 aromatic carbocycles. The zero-order valence-electron chi connectivity index (χ0n) is 9.03. The molecule has 84 valence electrons. The van der Waals surface area contributed by atoms with Crippen LogP contribution in [-0.2, 0) is 0 Å². The Morgan fingerprint density at radius 1 is 1.67 bits per heavy atom. The van der Waals surface area contributed by atoms with E-state index in [-0.39, 0.29) is 5.91 Å². The average Bonchev–Trinajstić information content (AvgIpc) is 2.73. The molecule has 0 saturated heterocycles. The van der Waals surface area contributed by atoms with Crippen molar-refractivity contribution < 1.29 is 9.53 Å². The van der Waals surface area contributed by atoms with Gasteiger partial charge in [-0.25, -0.2) is 0 Å². The number of thiophene rings is 1. The minimum Gasteiger partial charge on any atom is -0.496 e. The second-order valence-corrected chi connectivity index (χ2v) is 4.13. The lowest BCUT2D eigenvalue weighted by Gasteiger charge is -2.15. The minimum absolute atomic E-state index is 0.0248. The zero-order chi connectivity index (χ0) is 11.3. The van der Waals surface area contributed by atoms with E-state index in [0.29, 0.717) is 18.0 Å². The molecular formula is C10H16N2O2S. The first-order chi connectivity index (χ1) is 7.19. The Hall–Kier alpha value is -1.07. The van der Waals surface area contributed by atoms with Crippen LogP contribution in [0, 0.1) is 0 Å². The summed E-state index contributed by atoms with van der Waals surface area (Å²) in [5.41, 5.74) is 5.39. The van der Waals surface area contributed by atoms with Gasteiger partial charge in [-0.15, -0.1) is 11.3 Å². The molecule has 0 aliphatic carbocycles. The van der Waals surface area contributed by atoms with Crippen molar-refractivity contribution in [2.24, 2.45) is 5.73 Å². The summed E-state index contributed by atoms with van der Waals surface area (Å²) in [5.74, 6) is 0.757. The highest BCUT2D eigenvalue weighted by atomic mass is 32.1. The van der Waals surface area contributed by atoms with Gasteiger partial charge in [0.1, 0.15) is 5.75 Å². The van der Waals surface area contributed by atoms with E-state index in [2.05, 4.69) is 0 Å². The smallest absolute Gasteiger partial charge is 0.263 e. The molecule has 0 aliphatic heterocycles. The number of carbonyl (C=O) groups excluding carboxylic acids is 1. The van der Waals surface area contributed by atoms with Crippen LogP contribution in [0.3, 0.4) is 0 Å². The van der Waals surface area contributed by atoms with Crippen molar-refractivity contribution in [2.75, 3.05) is 27.2 Å². The number of ether oxygens (including phenoxy) is 1. The van der Waals surface area contributed by atoms with E-state index < -0.39 is 0 Å². The third-order valence-electron chi connectivity index (χ3n) is 2.07. The Bertz CT molecular complexity index is 325. The van der Waals surface area contributed by atoms with Gasteiger partial charge in [0.05, 0.1) is 12.0 Å². The molecule has 0 unspecified atom stereocenters. The molecule has 4 nitrogen and oxygen atoms in total. The number of methoxy groups -OCH3 is 1. The maximum absolute atomic E-state index is 11.8. The van der Waals surface area contributed by atoms with Crippen LogP contribution >= 0.6 is 11.3 Å². The summed E-state index contributed by atoms with van der Waals surface area (Å²) in [7, 11) is 3.37. The van der Waals surface area contributed by atoms with Crippen LogP contribution in [0.15, 0.2) is 11.4 Å². The molecule has 1 aromatic heterocycles. The molecule has 0 bridgehead atoms. The predicted octanol–water partition coefficient (Wildman–Crippen LogP) is 1.18. The van der Waals surface area contributed by atoms with Crippen molar-refractivity contribution in [3.05, 3.63) is 16.3 Å². The summed E-state index contributed by atoms with van der Waals surface area (Å²) in [5, 5.41) is 1.82. The van der Waals surface area contributed by atoms with Crippen LogP contribution in [-0.4, -0.2) is 38.1 Å². The van der Waals surface area contributed by atoms with E-state index in [4.69, 9.17) is 10.5 Å². The van der Waals surface area contributed by atoms with Gasteiger partial charge in [0.15, 0.2) is 0 Å². The Morgan fingerprint density at radius 3 is 2.93 bits per heavy atom. The molecule has 0 atom stereocenters. The van der Waals surface area contributed by atoms with Crippen LogP contribution in [0.4, 0.5) is 0 Å². The standard InChI is InChI=1S/C10H16N2O2S/c1-12(5-3-4-11)10(13)9-6-8(14-2)7-15-9/h6-7H,3-5,11H2,1-2H3. The summed E-state index contributed by atoms with van der Waals surface area (Å²) in [6.07, 6.45) is 0.824. The van der Waals surface area contributed by atoms with E-state index >= 15 is 0 Å². The van der Waals surface area contributed by atoms with Crippen LogP contribution in [0.5, 0.6) is 5.75 Å². The van der Waals surface area contributed by atoms with Gasteiger partial charge >= 0.3 is 0 Å². The largest absolute Gasteiger partial charge is 0.496 e. The van der Waals surface area contributed by atoms with Gasteiger partial charge in [0.25, 0.3) is 5.91 Å². The molecule has 5 heteroatoms. The van der Waals surface area contributed by atoms with Gasteiger partial charge in [-0.3, -0.25) is 4.79 Å². The first-order valence-electron chi connectivity index (χ1n) is 4.77. The molecule has 0 fully saturated rings. The number of hydrogen-bond acceptors (Lipinski definition) is 4. The first-order valence-corrected chi connectivity index (χ1v) is 5.65. The lowest BCUT2D eigenvalue weighted by Crippen LogP contribution is -2.28. The zero-order valence-corrected chi connectivity index (χ0v) is 9.84. The molecule has 1 rings (SSSR count). The van der Waals surface area contributed by atoms with Crippen molar-refractivity contribution in [2.45, 2.75) is 6.42 Å². The average molecular weight is 228 g/mol. The van der Waals surface area contributed by atoms with Crippen LogP contribution in [0.1, 0.15) is 16.1 Å². The van der Waals surface area contributed by atoms with E-state index in [0.717, 1.165) is 12.2 Å². The van der Waals surface area contributed by atoms with Gasteiger partial charge in [0, 0.05) is 25.0 Å². The van der Waals surface area contributed by atoms with Gasteiger partial charge in [-0.2, -0.15) is 0 Å². The Kier molecular flexibility index (Phi) is 4.58. The normalized spacial score (nSPS) is 10.1. The van der Waals surface area contributed by atoms with Crippen molar-refractivity contribution in [1.29, 1.82) is 0 Å². The third kappa shape index (κ3) is 3.21. The molecule has 1 amide bonds. The minimum atomic E-state index is 0.0248. The number of rotatable bonds is 5. The fourth-order valence-electron chi connectivity index (χ4n) is 1.16. The SMILES string of the molecule is COc1csc(C(=O)N(C)CCCN)c1. The van der Waals surface area contributed by atoms with Gasteiger partial charge in [-0.1, -0.05) is 0 Å². The summed E-state index contributed by atoms with van der Waals surface area (Å²) < 4.78 is 5.03. The van der Waals surface area contributed by atoms with E-state index in [1.165, 1.54) is 11.3 Å². The maximum atomic E-state index is 11.8. The fraction of sp³-hybridized carbons (Fsp3) is 0.500. The molecule has 0 aliphatic rings. The molecule has 0 saturated carbocycles. The molecule has 1 heterocycles. The fourth-order valence-corrected chi connectivity index (χ4v) is 2.00. The highest BCUT2D eigenvalue weighted by molar-refractivity contribution is 7.12. The van der Waals surface area contributed by atoms with Crippen LogP contribution < -0.4 is 10.5 Å². The van der Waals surface area contributed by atoms with Gasteiger partial charge in [-0.05, 0) is 13.0 Å². The van der Waals surface area contributed by atoms with Crippen LogP contribution in [0.25, 0.3) is 0 Å². The summed E-state index contributed by atoms with van der Waals surface area (Å²) in [6, 6.07) is 1.76. The summed E-state index contributed by atoms with van der Waals surface area (Å²) in [6.45, 7) is 1.29. The number of hydrogen-bond donors (Lipinski definition) is 1. The second-order valence-electron chi connectivity index (χ2n) is 3.22. The third-order valence-corrected chi connectivity index (χ3v) is 2.96. The van der Waals surface area contributed by atoms with Crippen molar-refractivity contribution in [3.63, 3.8) is 0 Å². The topological polar surface area (TPSA) is 55.6 Å². The van der Waals surface area contributed by atoms with Crippen molar-refractivity contribution in [3.8, 4) is 5.75 Å². The first kappa shape index (κ1) is 12.0. The van der Waals surface area contributed by atoms with E-state index in [1.807, 2.05) is 5.38 Å². The Balaban J connectivity index is 2.59. The number of nitrogens with two attached hydrogens (primary N) is 1. The number of amides is 1. The molecular weight excluding hydrogens is 212 g/mol. The highest BCUT2D eigenvalue weighted by Crippen LogP contribution is 2.22. The molecule has 0 radical (unpaired) electrons. The highest BCUT2D eigenvalue weighted by Gasteiger charge is 2.13. The summed E-state index contributed by atoms with van der Waals surface area (Å²) >= 11 is 1.40. The second kappa shape index (κ2) is 5.72. The van der Waals surface area contributed by atoms with Crippen LogP contribution in [0.2, 0.25) is 0 Å². The van der Waals surface area contributed by atoms with E-state index in [9.17, 15) is 4.79 Å².